The summed E-state index contributed by atoms with van der Waals surface area (Å²) in [4.78, 5) is 28.2. The fourth-order valence-corrected chi connectivity index (χ4v) is 1.44. The Kier molecular flexibility index (Phi) is 3.56. The summed E-state index contributed by atoms with van der Waals surface area (Å²) in [5, 5.41) is 19.3. The fraction of sp³-hybridized carbons (Fsp3) is 0.0833. The number of aromatic nitrogens is 2. The molecule has 0 radical (unpaired) electrons. The molecule has 1 aromatic heterocycles. The maximum atomic E-state index is 10.6. The lowest BCUT2D eigenvalue weighted by atomic mass is 10.2. The van der Waals surface area contributed by atoms with E-state index in [2.05, 4.69) is 9.97 Å². The largest absolute Gasteiger partial charge is 0.478 e. The molecular weight excluding hydrogens is 266 g/mol. The predicted octanol–water partition coefficient (Wildman–Crippen LogP) is 2.18. The molecule has 8 heteroatoms. The first-order chi connectivity index (χ1) is 9.47. The summed E-state index contributed by atoms with van der Waals surface area (Å²) in [7, 11) is 0. The Morgan fingerprint density at radius 3 is 2.50 bits per heavy atom. The van der Waals surface area contributed by atoms with Crippen LogP contribution in [0.5, 0.6) is 11.8 Å². The number of hydrogen-bond acceptors (Lipinski definition) is 6. The van der Waals surface area contributed by atoms with E-state index in [1.807, 2.05) is 0 Å². The van der Waals surface area contributed by atoms with Crippen molar-refractivity contribution in [3.05, 3.63) is 51.8 Å². The first kappa shape index (κ1) is 13.4. The second-order valence-corrected chi connectivity index (χ2v) is 3.87. The highest BCUT2D eigenvalue weighted by Crippen LogP contribution is 2.26. The summed E-state index contributed by atoms with van der Waals surface area (Å²) in [5.74, 6) is -0.776. The van der Waals surface area contributed by atoms with Gasteiger partial charge in [0.1, 0.15) is 5.75 Å². The van der Waals surface area contributed by atoms with Crippen LogP contribution >= 0.6 is 0 Å². The smallest absolute Gasteiger partial charge is 0.338 e. The van der Waals surface area contributed by atoms with E-state index in [1.165, 1.54) is 18.2 Å². The van der Waals surface area contributed by atoms with Crippen LogP contribution in [0, 0.1) is 17.0 Å². The molecule has 0 saturated heterocycles. The average molecular weight is 275 g/mol. The van der Waals surface area contributed by atoms with Gasteiger partial charge in [0.25, 0.3) is 5.69 Å². The van der Waals surface area contributed by atoms with Crippen LogP contribution in [0.2, 0.25) is 0 Å². The number of nitro groups is 1. The van der Waals surface area contributed by atoms with Gasteiger partial charge in [-0.2, -0.15) is 0 Å². The Hall–Kier alpha value is -3.03. The van der Waals surface area contributed by atoms with E-state index < -0.39 is 10.9 Å². The van der Waals surface area contributed by atoms with Crippen LogP contribution < -0.4 is 4.74 Å². The summed E-state index contributed by atoms with van der Waals surface area (Å²) in [6, 6.07) is 4.06. The van der Waals surface area contributed by atoms with Crippen molar-refractivity contribution in [2.75, 3.05) is 0 Å². The topological polar surface area (TPSA) is 115 Å². The molecule has 102 valence electrons. The van der Waals surface area contributed by atoms with Gasteiger partial charge >= 0.3 is 12.0 Å². The predicted molar refractivity (Wildman–Crippen MR) is 66.9 cm³/mol. The van der Waals surface area contributed by atoms with Crippen molar-refractivity contribution in [1.82, 2.24) is 9.97 Å². The number of ether oxygens (including phenoxy) is 1. The molecule has 20 heavy (non-hydrogen) atoms. The summed E-state index contributed by atoms with van der Waals surface area (Å²) < 4.78 is 5.34. The summed E-state index contributed by atoms with van der Waals surface area (Å²) >= 11 is 0. The number of non-ortho nitro benzene ring substituents is 1. The molecule has 2 rings (SSSR count). The summed E-state index contributed by atoms with van der Waals surface area (Å²) in [5.41, 5.74) is 0.444. The Labute approximate surface area is 112 Å². The van der Waals surface area contributed by atoms with Crippen LogP contribution in [0.3, 0.4) is 0 Å². The molecule has 0 aliphatic carbocycles. The number of hydrogen-bond donors (Lipinski definition) is 1. The molecule has 2 aromatic rings. The third kappa shape index (κ3) is 2.86. The van der Waals surface area contributed by atoms with Gasteiger partial charge in [-0.3, -0.25) is 10.1 Å². The standard InChI is InChI=1S/C12H9N3O5/c1-7-4-9(15(18)19)2-3-10(7)20-12-13-5-8(6-14-12)11(16)17/h2-6H,1H3,(H,16,17). The molecule has 0 saturated carbocycles. The van der Waals surface area contributed by atoms with Crippen molar-refractivity contribution < 1.29 is 19.6 Å². The number of carboxylic acids is 1. The molecule has 0 fully saturated rings. The zero-order chi connectivity index (χ0) is 14.7. The second kappa shape index (κ2) is 5.31. The number of aryl methyl sites for hydroxylation is 1. The zero-order valence-electron chi connectivity index (χ0n) is 10.3. The molecule has 0 atom stereocenters. The highest BCUT2D eigenvalue weighted by molar-refractivity contribution is 5.86. The molecule has 0 amide bonds. The Morgan fingerprint density at radius 1 is 1.35 bits per heavy atom. The third-order valence-corrected chi connectivity index (χ3v) is 2.45. The van der Waals surface area contributed by atoms with Gasteiger partial charge in [-0.1, -0.05) is 0 Å². The molecule has 0 aliphatic rings. The van der Waals surface area contributed by atoms with Gasteiger partial charge in [0.2, 0.25) is 0 Å². The molecule has 1 N–H and O–H groups in total. The Bertz CT molecular complexity index is 669. The van der Waals surface area contributed by atoms with E-state index in [9.17, 15) is 14.9 Å². The van der Waals surface area contributed by atoms with Gasteiger partial charge in [-0.05, 0) is 18.6 Å². The van der Waals surface area contributed by atoms with Crippen molar-refractivity contribution in [2.45, 2.75) is 6.92 Å². The molecular formula is C12H9N3O5. The number of benzene rings is 1. The molecule has 0 spiro atoms. The van der Waals surface area contributed by atoms with Gasteiger partial charge in [-0.25, -0.2) is 14.8 Å². The van der Waals surface area contributed by atoms with Crippen LogP contribution in [-0.4, -0.2) is 26.0 Å². The molecule has 8 nitrogen and oxygen atoms in total. The minimum atomic E-state index is -1.14. The first-order valence-electron chi connectivity index (χ1n) is 5.45. The van der Waals surface area contributed by atoms with E-state index >= 15 is 0 Å². The molecule has 1 aromatic carbocycles. The quantitative estimate of drug-likeness (QED) is 0.671. The first-order valence-corrected chi connectivity index (χ1v) is 5.45. The van der Waals surface area contributed by atoms with Gasteiger partial charge in [-0.15, -0.1) is 0 Å². The minimum Gasteiger partial charge on any atom is -0.478 e. The van der Waals surface area contributed by atoms with Crippen LogP contribution in [-0.2, 0) is 0 Å². The average Bonchev–Trinajstić information content (AvgIpc) is 2.41. The lowest BCUT2D eigenvalue weighted by Crippen LogP contribution is -2.00. The summed E-state index contributed by atoms with van der Waals surface area (Å²) in [6.45, 7) is 1.65. The van der Waals surface area contributed by atoms with Crippen molar-refractivity contribution in [2.24, 2.45) is 0 Å². The van der Waals surface area contributed by atoms with Crippen LogP contribution in [0.4, 0.5) is 5.69 Å². The number of nitro benzene ring substituents is 1. The van der Waals surface area contributed by atoms with E-state index in [0.29, 0.717) is 11.3 Å². The number of aromatic carboxylic acids is 1. The van der Waals surface area contributed by atoms with E-state index in [0.717, 1.165) is 12.4 Å². The highest BCUT2D eigenvalue weighted by Gasteiger charge is 2.11. The van der Waals surface area contributed by atoms with Crippen molar-refractivity contribution in [1.29, 1.82) is 0 Å². The number of carboxylic acid groups (broad SMARTS) is 1. The number of nitrogens with zero attached hydrogens (tertiary/aromatic N) is 3. The van der Waals surface area contributed by atoms with Crippen LogP contribution in [0.1, 0.15) is 15.9 Å². The van der Waals surface area contributed by atoms with E-state index in [-0.39, 0.29) is 17.3 Å². The number of rotatable bonds is 4. The molecule has 0 unspecified atom stereocenters. The Balaban J connectivity index is 2.21. The molecule has 0 bridgehead atoms. The van der Waals surface area contributed by atoms with Gasteiger partial charge in [0, 0.05) is 24.5 Å². The lowest BCUT2D eigenvalue weighted by Gasteiger charge is -2.06. The maximum absolute atomic E-state index is 10.6. The highest BCUT2D eigenvalue weighted by atomic mass is 16.6. The third-order valence-electron chi connectivity index (χ3n) is 2.45. The molecule has 0 aliphatic heterocycles. The van der Waals surface area contributed by atoms with Crippen LogP contribution in [0.25, 0.3) is 0 Å². The lowest BCUT2D eigenvalue weighted by molar-refractivity contribution is -0.384. The second-order valence-electron chi connectivity index (χ2n) is 3.87. The van der Waals surface area contributed by atoms with Gasteiger partial charge in [0.05, 0.1) is 10.5 Å². The van der Waals surface area contributed by atoms with Crippen molar-refractivity contribution in [3.63, 3.8) is 0 Å². The monoisotopic (exact) mass is 275 g/mol. The van der Waals surface area contributed by atoms with Gasteiger partial charge in [0.15, 0.2) is 0 Å². The van der Waals surface area contributed by atoms with Crippen molar-refractivity contribution in [3.8, 4) is 11.8 Å². The summed E-state index contributed by atoms with van der Waals surface area (Å²) in [6.07, 6.45) is 2.23. The van der Waals surface area contributed by atoms with E-state index in [1.54, 1.807) is 6.92 Å². The SMILES string of the molecule is Cc1cc([N+](=O)[O-])ccc1Oc1ncc(C(=O)O)cn1. The fourth-order valence-electron chi connectivity index (χ4n) is 1.44. The minimum absolute atomic E-state index is 0.0352. The van der Waals surface area contributed by atoms with E-state index in [4.69, 9.17) is 9.84 Å². The zero-order valence-corrected chi connectivity index (χ0v) is 10.3. The Morgan fingerprint density at radius 2 is 2.00 bits per heavy atom. The van der Waals surface area contributed by atoms with Crippen molar-refractivity contribution >= 4 is 11.7 Å². The number of carbonyl (C=O) groups is 1. The maximum Gasteiger partial charge on any atom is 0.338 e. The normalized spacial score (nSPS) is 10.1. The molecule has 1 heterocycles. The van der Waals surface area contributed by atoms with Crippen LogP contribution in [0.15, 0.2) is 30.6 Å². The van der Waals surface area contributed by atoms with Gasteiger partial charge < -0.3 is 9.84 Å².